The fraction of sp³-hybridized carbons (Fsp3) is 0.667. The van der Waals surface area contributed by atoms with E-state index in [1.807, 2.05) is 0 Å². The van der Waals surface area contributed by atoms with Gasteiger partial charge in [0.1, 0.15) is 11.0 Å². The lowest BCUT2D eigenvalue weighted by Crippen LogP contribution is -2.04. The van der Waals surface area contributed by atoms with E-state index < -0.39 is 0 Å². The van der Waals surface area contributed by atoms with Crippen molar-refractivity contribution in [1.29, 1.82) is 0 Å². The van der Waals surface area contributed by atoms with E-state index in [0.717, 1.165) is 22.4 Å². The smallest absolute Gasteiger partial charge is 0.147 e. The van der Waals surface area contributed by atoms with Gasteiger partial charge < -0.3 is 0 Å². The lowest BCUT2D eigenvalue weighted by atomic mass is 10.1. The normalized spacial score (nSPS) is 22.6. The topological polar surface area (TPSA) is 25.8 Å². The molecule has 1 aromatic heterocycles. The summed E-state index contributed by atoms with van der Waals surface area (Å²) in [7, 11) is 0. The molecule has 0 amide bonds. The minimum absolute atomic E-state index is 0.339. The average molecular weight is 304 g/mol. The molecule has 1 aliphatic carbocycles. The van der Waals surface area contributed by atoms with Gasteiger partial charge >= 0.3 is 0 Å². The highest BCUT2D eigenvalue weighted by atomic mass is 79.9. The summed E-state index contributed by atoms with van der Waals surface area (Å²) in [4.78, 5) is 9.03. The van der Waals surface area contributed by atoms with Crippen molar-refractivity contribution in [1.82, 2.24) is 9.97 Å². The molecule has 0 spiro atoms. The third-order valence-electron chi connectivity index (χ3n) is 3.23. The minimum Gasteiger partial charge on any atom is -0.236 e. The first kappa shape index (κ1) is 12.3. The predicted molar refractivity (Wildman–Crippen MR) is 70.0 cm³/mol. The van der Waals surface area contributed by atoms with E-state index in [0.29, 0.717) is 22.4 Å². The van der Waals surface area contributed by atoms with Gasteiger partial charge in [0.15, 0.2) is 0 Å². The Morgan fingerprint density at radius 1 is 1.38 bits per heavy atom. The van der Waals surface area contributed by atoms with Gasteiger partial charge in [-0.2, -0.15) is 0 Å². The monoisotopic (exact) mass is 302 g/mol. The Kier molecular flexibility index (Phi) is 3.04. The van der Waals surface area contributed by atoms with Crippen molar-refractivity contribution in [3.05, 3.63) is 21.1 Å². The second-order valence-corrected chi connectivity index (χ2v) is 6.62. The van der Waals surface area contributed by atoms with Gasteiger partial charge in [0.2, 0.25) is 0 Å². The van der Waals surface area contributed by atoms with Crippen molar-refractivity contribution in [3.63, 3.8) is 0 Å². The molecule has 0 aromatic carbocycles. The summed E-state index contributed by atoms with van der Waals surface area (Å²) in [5.74, 6) is 1.73. The van der Waals surface area contributed by atoms with Crippen LogP contribution in [0.5, 0.6) is 0 Å². The van der Waals surface area contributed by atoms with Gasteiger partial charge in [-0.25, -0.2) is 9.97 Å². The summed E-state index contributed by atoms with van der Waals surface area (Å²) < 4.78 is 0.839. The summed E-state index contributed by atoms with van der Waals surface area (Å²) in [5.41, 5.74) is 1.35. The molecule has 1 unspecified atom stereocenters. The number of nitrogens with zero attached hydrogens (tertiary/aromatic N) is 2. The number of hydrogen-bond acceptors (Lipinski definition) is 2. The molecule has 4 heteroatoms. The summed E-state index contributed by atoms with van der Waals surface area (Å²) in [5, 5.41) is 0.538. The largest absolute Gasteiger partial charge is 0.236 e. The van der Waals surface area contributed by atoms with Crippen molar-refractivity contribution in [3.8, 4) is 0 Å². The standard InChI is InChI=1S/C12H16BrClN2/c1-6(2)9-8(13)10(14)16-11(15-9)7-5-12(7,3)4/h6-7H,5H2,1-4H3. The van der Waals surface area contributed by atoms with Crippen LogP contribution in [0, 0.1) is 5.41 Å². The molecule has 0 saturated heterocycles. The fourth-order valence-electron chi connectivity index (χ4n) is 1.90. The van der Waals surface area contributed by atoms with Crippen LogP contribution in [0.15, 0.2) is 4.47 Å². The first-order chi connectivity index (χ1) is 7.33. The van der Waals surface area contributed by atoms with Gasteiger partial charge in [0.05, 0.1) is 10.2 Å². The van der Waals surface area contributed by atoms with Gasteiger partial charge in [0.25, 0.3) is 0 Å². The maximum atomic E-state index is 6.13. The molecule has 16 heavy (non-hydrogen) atoms. The molecule has 88 valence electrons. The quantitative estimate of drug-likeness (QED) is 0.750. The Morgan fingerprint density at radius 2 is 1.94 bits per heavy atom. The van der Waals surface area contributed by atoms with Crippen LogP contribution in [-0.2, 0) is 0 Å². The Balaban J connectivity index is 2.42. The molecule has 2 nitrogen and oxygen atoms in total. The molecular formula is C12H16BrClN2. The zero-order valence-electron chi connectivity index (χ0n) is 10.0. The molecule has 1 aliphatic rings. The van der Waals surface area contributed by atoms with E-state index in [2.05, 4.69) is 53.6 Å². The molecule has 0 aliphatic heterocycles. The van der Waals surface area contributed by atoms with Crippen LogP contribution in [0.3, 0.4) is 0 Å². The van der Waals surface area contributed by atoms with Crippen LogP contribution in [0.2, 0.25) is 5.15 Å². The predicted octanol–water partition coefficient (Wildman–Crippen LogP) is 4.53. The van der Waals surface area contributed by atoms with Gasteiger partial charge in [-0.05, 0) is 33.7 Å². The molecular weight excluding hydrogens is 288 g/mol. The Bertz CT molecular complexity index is 429. The molecule has 0 radical (unpaired) electrons. The molecule has 0 N–H and O–H groups in total. The van der Waals surface area contributed by atoms with Crippen molar-refractivity contribution in [2.24, 2.45) is 5.41 Å². The zero-order chi connectivity index (χ0) is 12.1. The maximum Gasteiger partial charge on any atom is 0.147 e. The minimum atomic E-state index is 0.339. The van der Waals surface area contributed by atoms with Crippen LogP contribution >= 0.6 is 27.5 Å². The lowest BCUT2D eigenvalue weighted by molar-refractivity contribution is 0.604. The number of rotatable bonds is 2. The molecule has 1 saturated carbocycles. The Morgan fingerprint density at radius 3 is 2.38 bits per heavy atom. The van der Waals surface area contributed by atoms with E-state index in [1.165, 1.54) is 0 Å². The van der Waals surface area contributed by atoms with Crippen LogP contribution in [0.25, 0.3) is 0 Å². The van der Waals surface area contributed by atoms with Crippen LogP contribution < -0.4 is 0 Å². The number of aromatic nitrogens is 2. The highest BCUT2D eigenvalue weighted by molar-refractivity contribution is 9.10. The van der Waals surface area contributed by atoms with E-state index in [1.54, 1.807) is 0 Å². The van der Waals surface area contributed by atoms with Gasteiger partial charge in [-0.3, -0.25) is 0 Å². The fourth-order valence-corrected chi connectivity index (χ4v) is 2.72. The SMILES string of the molecule is CC(C)c1nc(C2CC2(C)C)nc(Cl)c1Br. The molecule has 1 fully saturated rings. The average Bonchev–Trinajstić information content (AvgIpc) is 2.79. The summed E-state index contributed by atoms with van der Waals surface area (Å²) in [6, 6.07) is 0. The van der Waals surface area contributed by atoms with Gasteiger partial charge in [-0.15, -0.1) is 0 Å². The maximum absolute atomic E-state index is 6.13. The van der Waals surface area contributed by atoms with E-state index in [9.17, 15) is 0 Å². The molecule has 2 rings (SSSR count). The number of hydrogen-bond donors (Lipinski definition) is 0. The van der Waals surface area contributed by atoms with E-state index in [4.69, 9.17) is 11.6 Å². The molecule has 0 bridgehead atoms. The van der Waals surface area contributed by atoms with Gasteiger partial charge in [0, 0.05) is 5.92 Å². The highest BCUT2D eigenvalue weighted by Gasteiger charge is 2.48. The summed E-state index contributed by atoms with van der Waals surface area (Å²) in [6.07, 6.45) is 1.16. The van der Waals surface area contributed by atoms with Crippen LogP contribution in [-0.4, -0.2) is 9.97 Å². The molecule has 1 aromatic rings. The lowest BCUT2D eigenvalue weighted by Gasteiger charge is -2.11. The second kappa shape index (κ2) is 3.95. The Labute approximate surface area is 110 Å². The van der Waals surface area contributed by atoms with Crippen molar-refractivity contribution >= 4 is 27.5 Å². The third-order valence-corrected chi connectivity index (χ3v) is 4.51. The van der Waals surface area contributed by atoms with Crippen LogP contribution in [0.1, 0.15) is 57.5 Å². The van der Waals surface area contributed by atoms with Crippen molar-refractivity contribution < 1.29 is 0 Å². The molecule has 1 heterocycles. The zero-order valence-corrected chi connectivity index (χ0v) is 12.4. The number of halogens is 2. The third kappa shape index (κ3) is 2.12. The summed E-state index contributed by atoms with van der Waals surface area (Å²) in [6.45, 7) is 8.72. The van der Waals surface area contributed by atoms with E-state index in [-0.39, 0.29) is 0 Å². The van der Waals surface area contributed by atoms with Crippen molar-refractivity contribution in [2.75, 3.05) is 0 Å². The van der Waals surface area contributed by atoms with Crippen molar-refractivity contribution in [2.45, 2.75) is 46.0 Å². The first-order valence-corrected chi connectivity index (χ1v) is 6.73. The van der Waals surface area contributed by atoms with Gasteiger partial charge in [-0.1, -0.05) is 39.3 Å². The highest BCUT2D eigenvalue weighted by Crippen LogP contribution is 2.57. The van der Waals surface area contributed by atoms with Crippen LogP contribution in [0.4, 0.5) is 0 Å². The summed E-state index contributed by atoms with van der Waals surface area (Å²) >= 11 is 9.59. The Hall–Kier alpha value is -0.150. The first-order valence-electron chi connectivity index (χ1n) is 5.55. The second-order valence-electron chi connectivity index (χ2n) is 5.47. The molecule has 1 atom stereocenters. The van der Waals surface area contributed by atoms with E-state index >= 15 is 0 Å².